The summed E-state index contributed by atoms with van der Waals surface area (Å²) in [6, 6.07) is 4.42. The molecule has 0 unspecified atom stereocenters. The van der Waals surface area contributed by atoms with E-state index in [4.69, 9.17) is 5.11 Å². The molecule has 2 rings (SSSR count). The lowest BCUT2D eigenvalue weighted by molar-refractivity contribution is -0.0787. The normalized spacial score (nSPS) is 10.4. The molecule has 1 aromatic carbocycles. The second-order valence-electron chi connectivity index (χ2n) is 2.54. The lowest BCUT2D eigenvalue weighted by atomic mass is 10.3. The number of aromatic hydroxyl groups is 1. The number of benzene rings is 1. The van der Waals surface area contributed by atoms with Gasteiger partial charge in [-0.2, -0.15) is 0 Å². The standard InChI is InChI=1S/C8H4FNO3S/c9-13-8(12)7-10-5-2-1-4(11)3-6(5)14-7/h1-3,11H. The van der Waals surface area contributed by atoms with E-state index in [9.17, 15) is 9.32 Å². The second-order valence-corrected chi connectivity index (χ2v) is 3.57. The van der Waals surface area contributed by atoms with Gasteiger partial charge in [0, 0.05) is 4.53 Å². The van der Waals surface area contributed by atoms with E-state index in [1.165, 1.54) is 18.2 Å². The van der Waals surface area contributed by atoms with Crippen molar-refractivity contribution in [2.45, 2.75) is 0 Å². The van der Waals surface area contributed by atoms with Crippen LogP contribution < -0.4 is 0 Å². The number of carbonyl (C=O) groups excluding carboxylic acids is 1. The van der Waals surface area contributed by atoms with Crippen molar-refractivity contribution >= 4 is 27.5 Å². The zero-order valence-corrected chi connectivity index (χ0v) is 7.55. The van der Waals surface area contributed by atoms with Crippen molar-refractivity contribution in [2.75, 3.05) is 0 Å². The molecule has 1 heterocycles. The molecule has 0 fully saturated rings. The Hall–Kier alpha value is -1.69. The molecule has 4 nitrogen and oxygen atoms in total. The number of halogens is 1. The molecular formula is C8H4FNO3S. The van der Waals surface area contributed by atoms with Crippen molar-refractivity contribution in [1.29, 1.82) is 0 Å². The first-order valence-corrected chi connectivity index (χ1v) is 4.45. The van der Waals surface area contributed by atoms with Crippen LogP contribution in [0.25, 0.3) is 10.2 Å². The molecule has 72 valence electrons. The van der Waals surface area contributed by atoms with Gasteiger partial charge in [0.05, 0.1) is 10.2 Å². The summed E-state index contributed by atoms with van der Waals surface area (Å²) in [6.07, 6.45) is 0. The van der Waals surface area contributed by atoms with Crippen LogP contribution in [0.3, 0.4) is 0 Å². The van der Waals surface area contributed by atoms with E-state index in [-0.39, 0.29) is 10.8 Å². The number of fused-ring (bicyclic) bond motifs is 1. The van der Waals surface area contributed by atoms with Crippen LogP contribution in [0.15, 0.2) is 18.2 Å². The molecule has 0 bridgehead atoms. The minimum absolute atomic E-state index is 0.0707. The molecule has 0 atom stereocenters. The van der Waals surface area contributed by atoms with Gasteiger partial charge in [-0.15, -0.1) is 11.3 Å². The number of hydrogen-bond acceptors (Lipinski definition) is 5. The molecule has 0 radical (unpaired) electrons. The van der Waals surface area contributed by atoms with E-state index < -0.39 is 5.97 Å². The highest BCUT2D eigenvalue weighted by atomic mass is 32.1. The molecule has 0 aliphatic heterocycles. The zero-order chi connectivity index (χ0) is 10.1. The smallest absolute Gasteiger partial charge is 0.407 e. The van der Waals surface area contributed by atoms with Crippen molar-refractivity contribution < 1.29 is 19.4 Å². The van der Waals surface area contributed by atoms with Crippen LogP contribution in [0.4, 0.5) is 4.53 Å². The van der Waals surface area contributed by atoms with Gasteiger partial charge in [0.25, 0.3) is 0 Å². The van der Waals surface area contributed by atoms with Gasteiger partial charge in [0.15, 0.2) is 0 Å². The van der Waals surface area contributed by atoms with E-state index in [1.54, 1.807) is 0 Å². The van der Waals surface area contributed by atoms with Crippen LogP contribution >= 0.6 is 11.3 Å². The summed E-state index contributed by atoms with van der Waals surface area (Å²) >= 11 is 0.958. The molecule has 0 saturated carbocycles. The van der Waals surface area contributed by atoms with Gasteiger partial charge in [0.2, 0.25) is 5.01 Å². The molecule has 0 amide bonds. The Kier molecular flexibility index (Phi) is 2.05. The summed E-state index contributed by atoms with van der Waals surface area (Å²) in [4.78, 5) is 17.6. The number of rotatable bonds is 1. The number of aromatic nitrogens is 1. The molecule has 2 aromatic rings. The van der Waals surface area contributed by atoms with E-state index in [0.29, 0.717) is 10.2 Å². The van der Waals surface area contributed by atoms with Crippen molar-refractivity contribution in [3.05, 3.63) is 23.2 Å². The van der Waals surface area contributed by atoms with Gasteiger partial charge >= 0.3 is 5.97 Å². The van der Waals surface area contributed by atoms with E-state index >= 15 is 0 Å². The Morgan fingerprint density at radius 1 is 1.57 bits per heavy atom. The Morgan fingerprint density at radius 3 is 3.07 bits per heavy atom. The van der Waals surface area contributed by atoms with Crippen LogP contribution in [0.5, 0.6) is 5.75 Å². The Morgan fingerprint density at radius 2 is 2.36 bits per heavy atom. The fraction of sp³-hybridized carbons (Fsp3) is 0. The average Bonchev–Trinajstić information content (AvgIpc) is 2.59. The molecule has 0 aliphatic rings. The first-order chi connectivity index (χ1) is 6.70. The van der Waals surface area contributed by atoms with Gasteiger partial charge in [-0.05, 0) is 18.2 Å². The van der Waals surface area contributed by atoms with Crippen LogP contribution in [-0.2, 0) is 4.94 Å². The molecular weight excluding hydrogens is 209 g/mol. The first kappa shape index (κ1) is 8.89. The molecule has 0 aliphatic carbocycles. The molecule has 14 heavy (non-hydrogen) atoms. The monoisotopic (exact) mass is 213 g/mol. The van der Waals surface area contributed by atoms with Gasteiger partial charge in [-0.3, -0.25) is 0 Å². The lowest BCUT2D eigenvalue weighted by Crippen LogP contribution is -1.96. The van der Waals surface area contributed by atoms with Crippen LogP contribution in [0.2, 0.25) is 0 Å². The van der Waals surface area contributed by atoms with Gasteiger partial charge in [-0.25, -0.2) is 14.7 Å². The molecule has 0 spiro atoms. The maximum absolute atomic E-state index is 11.5. The summed E-state index contributed by atoms with van der Waals surface area (Å²) in [5.74, 6) is -1.05. The number of phenolic OH excluding ortho intramolecular Hbond substituents is 1. The maximum Gasteiger partial charge on any atom is 0.407 e. The van der Waals surface area contributed by atoms with Crippen molar-refractivity contribution in [1.82, 2.24) is 4.98 Å². The number of carbonyl (C=O) groups is 1. The van der Waals surface area contributed by atoms with Crippen molar-refractivity contribution in [3.8, 4) is 5.75 Å². The Balaban J connectivity index is 2.56. The zero-order valence-electron chi connectivity index (χ0n) is 6.73. The van der Waals surface area contributed by atoms with Crippen LogP contribution in [0, 0.1) is 0 Å². The number of nitrogens with zero attached hydrogens (tertiary/aromatic N) is 1. The predicted molar refractivity (Wildman–Crippen MR) is 47.8 cm³/mol. The molecule has 6 heteroatoms. The van der Waals surface area contributed by atoms with Gasteiger partial charge in [0.1, 0.15) is 5.75 Å². The topological polar surface area (TPSA) is 59.4 Å². The van der Waals surface area contributed by atoms with Crippen LogP contribution in [-0.4, -0.2) is 16.1 Å². The maximum atomic E-state index is 11.5. The van der Waals surface area contributed by atoms with E-state index in [0.717, 1.165) is 11.3 Å². The fourth-order valence-corrected chi connectivity index (χ4v) is 1.90. The third-order valence-corrected chi connectivity index (χ3v) is 2.61. The fourth-order valence-electron chi connectivity index (χ4n) is 1.03. The van der Waals surface area contributed by atoms with Crippen molar-refractivity contribution in [2.24, 2.45) is 0 Å². The van der Waals surface area contributed by atoms with E-state index in [1.807, 2.05) is 0 Å². The minimum atomic E-state index is -1.12. The Bertz CT molecular complexity index is 496. The van der Waals surface area contributed by atoms with Crippen LogP contribution in [0.1, 0.15) is 9.80 Å². The number of phenols is 1. The first-order valence-electron chi connectivity index (χ1n) is 3.63. The minimum Gasteiger partial charge on any atom is -0.508 e. The average molecular weight is 213 g/mol. The highest BCUT2D eigenvalue weighted by Gasteiger charge is 2.14. The summed E-state index contributed by atoms with van der Waals surface area (Å²) < 4.78 is 12.2. The van der Waals surface area contributed by atoms with E-state index in [2.05, 4.69) is 9.93 Å². The molecule has 0 saturated heterocycles. The summed E-state index contributed by atoms with van der Waals surface area (Å²) in [7, 11) is 0. The lowest BCUT2D eigenvalue weighted by Gasteiger charge is -1.87. The molecule has 1 aromatic heterocycles. The van der Waals surface area contributed by atoms with Gasteiger partial charge in [-0.1, -0.05) is 0 Å². The quantitative estimate of drug-likeness (QED) is 0.787. The largest absolute Gasteiger partial charge is 0.508 e. The number of thiazole rings is 1. The van der Waals surface area contributed by atoms with Crippen molar-refractivity contribution in [3.63, 3.8) is 0 Å². The molecule has 1 N–H and O–H groups in total. The highest BCUT2D eigenvalue weighted by Crippen LogP contribution is 2.25. The predicted octanol–water partition coefficient (Wildman–Crippen LogP) is 2.04. The third-order valence-electron chi connectivity index (χ3n) is 1.62. The number of hydrogen-bond donors (Lipinski definition) is 1. The third kappa shape index (κ3) is 1.39. The highest BCUT2D eigenvalue weighted by molar-refractivity contribution is 7.20. The van der Waals surface area contributed by atoms with Gasteiger partial charge < -0.3 is 5.11 Å². The second kappa shape index (κ2) is 3.22. The Labute approximate surface area is 81.5 Å². The summed E-state index contributed by atoms with van der Waals surface area (Å²) in [5, 5.41) is 9.05. The summed E-state index contributed by atoms with van der Waals surface area (Å²) in [5.41, 5.74) is 0.521. The summed E-state index contributed by atoms with van der Waals surface area (Å²) in [6.45, 7) is 0. The SMILES string of the molecule is O=C(OF)c1nc2ccc(O)cc2s1.